The van der Waals surface area contributed by atoms with Crippen molar-refractivity contribution in [3.8, 4) is 0 Å². The van der Waals surface area contributed by atoms with Crippen LogP contribution in [0.1, 0.15) is 53.4 Å². The van der Waals surface area contributed by atoms with Gasteiger partial charge in [-0.2, -0.15) is 0 Å². The number of hydrogen-bond acceptors (Lipinski definition) is 2. The third-order valence-corrected chi connectivity index (χ3v) is 3.83. The first-order valence-corrected chi connectivity index (χ1v) is 6.93. The van der Waals surface area contributed by atoms with Crippen molar-refractivity contribution in [2.24, 2.45) is 11.3 Å². The maximum Gasteiger partial charge on any atom is 0.309 e. The number of amides is 2. The van der Waals surface area contributed by atoms with Crippen LogP contribution in [-0.2, 0) is 9.59 Å². The number of carbonyl (C=O) groups is 2. The molecule has 2 amide bonds. The highest BCUT2D eigenvalue weighted by Gasteiger charge is 2.30. The average Bonchev–Trinajstić information content (AvgIpc) is 2.28. The van der Waals surface area contributed by atoms with Crippen LogP contribution in [0.5, 0.6) is 0 Å². The predicted octanol–water partition coefficient (Wildman–Crippen LogP) is 1.84. The lowest BCUT2D eigenvalue weighted by Crippen LogP contribution is -2.46. The number of likely N-dealkylation sites (N-methyl/N-ethyl adjacent to an activating group) is 1. The predicted molar refractivity (Wildman–Crippen MR) is 72.0 cm³/mol. The zero-order chi connectivity index (χ0) is 13.8. The zero-order valence-electron chi connectivity index (χ0n) is 12.0. The van der Waals surface area contributed by atoms with E-state index in [9.17, 15) is 9.59 Å². The molecule has 1 fully saturated rings. The molecule has 0 atom stereocenters. The lowest BCUT2D eigenvalue weighted by Gasteiger charge is -2.37. The molecule has 18 heavy (non-hydrogen) atoms. The van der Waals surface area contributed by atoms with Gasteiger partial charge in [0.15, 0.2) is 0 Å². The Morgan fingerprint density at radius 2 is 1.61 bits per heavy atom. The summed E-state index contributed by atoms with van der Waals surface area (Å²) >= 11 is 0. The highest BCUT2D eigenvalue weighted by Crippen LogP contribution is 2.37. The van der Waals surface area contributed by atoms with Crippen molar-refractivity contribution >= 4 is 11.8 Å². The maximum atomic E-state index is 11.6. The molecule has 0 aromatic rings. The molecule has 1 aliphatic carbocycles. The number of carbonyl (C=O) groups excluding carboxylic acids is 2. The highest BCUT2D eigenvalue weighted by atomic mass is 16.2. The monoisotopic (exact) mass is 254 g/mol. The van der Waals surface area contributed by atoms with Crippen LogP contribution in [0.3, 0.4) is 0 Å². The van der Waals surface area contributed by atoms with Crippen molar-refractivity contribution in [1.82, 2.24) is 10.6 Å². The van der Waals surface area contributed by atoms with Crippen LogP contribution in [0.25, 0.3) is 0 Å². The van der Waals surface area contributed by atoms with Crippen LogP contribution >= 0.6 is 0 Å². The Morgan fingerprint density at radius 1 is 1.06 bits per heavy atom. The molecule has 1 saturated carbocycles. The summed E-state index contributed by atoms with van der Waals surface area (Å²) in [7, 11) is 0. The Balaban J connectivity index is 2.36. The summed E-state index contributed by atoms with van der Waals surface area (Å²) in [4.78, 5) is 22.9. The van der Waals surface area contributed by atoms with Crippen molar-refractivity contribution in [1.29, 1.82) is 0 Å². The Morgan fingerprint density at radius 3 is 2.06 bits per heavy atom. The van der Waals surface area contributed by atoms with Crippen LogP contribution in [-0.4, -0.2) is 24.4 Å². The molecule has 0 aromatic heterocycles. The molecule has 0 radical (unpaired) electrons. The highest BCUT2D eigenvalue weighted by molar-refractivity contribution is 6.35. The fourth-order valence-electron chi connectivity index (χ4n) is 2.60. The van der Waals surface area contributed by atoms with Gasteiger partial charge in [-0.3, -0.25) is 9.59 Å². The first-order chi connectivity index (χ1) is 8.34. The van der Waals surface area contributed by atoms with Crippen molar-refractivity contribution in [3.05, 3.63) is 0 Å². The van der Waals surface area contributed by atoms with E-state index in [-0.39, 0.29) is 6.04 Å². The number of hydrogen-bond donors (Lipinski definition) is 2. The summed E-state index contributed by atoms with van der Waals surface area (Å²) in [6, 6.07) is 0.165. The van der Waals surface area contributed by atoms with Gasteiger partial charge in [0.05, 0.1) is 0 Å². The first kappa shape index (κ1) is 15.0. The maximum absolute atomic E-state index is 11.6. The van der Waals surface area contributed by atoms with E-state index in [0.29, 0.717) is 12.0 Å². The van der Waals surface area contributed by atoms with E-state index < -0.39 is 11.8 Å². The Hall–Kier alpha value is -1.06. The molecule has 0 saturated heterocycles. The molecule has 4 heteroatoms. The van der Waals surface area contributed by atoms with Crippen LogP contribution < -0.4 is 10.6 Å². The van der Waals surface area contributed by atoms with Gasteiger partial charge in [-0.1, -0.05) is 20.8 Å². The van der Waals surface area contributed by atoms with Crippen molar-refractivity contribution in [3.63, 3.8) is 0 Å². The van der Waals surface area contributed by atoms with Gasteiger partial charge in [-0.25, -0.2) is 0 Å². The van der Waals surface area contributed by atoms with Gasteiger partial charge in [0.25, 0.3) is 0 Å². The molecule has 0 unspecified atom stereocenters. The van der Waals surface area contributed by atoms with E-state index in [1.807, 2.05) is 0 Å². The molecule has 0 aliphatic heterocycles. The second-order valence-electron chi connectivity index (χ2n) is 6.25. The summed E-state index contributed by atoms with van der Waals surface area (Å²) in [6.45, 7) is 9.10. The van der Waals surface area contributed by atoms with Crippen molar-refractivity contribution < 1.29 is 9.59 Å². The fraction of sp³-hybridized carbons (Fsp3) is 0.857. The first-order valence-electron chi connectivity index (χ1n) is 6.93. The molecule has 4 nitrogen and oxygen atoms in total. The standard InChI is InChI=1S/C14H26N2O2/c1-5-15-12(17)13(18)16-11-8-6-10(7-9-11)14(2,3)4/h10-11H,5-9H2,1-4H3,(H,15,17)(H,16,18). The molecule has 0 aromatic carbocycles. The van der Waals surface area contributed by atoms with Gasteiger partial charge in [0.1, 0.15) is 0 Å². The van der Waals surface area contributed by atoms with Gasteiger partial charge < -0.3 is 10.6 Å². The molecule has 1 aliphatic rings. The number of rotatable bonds is 2. The van der Waals surface area contributed by atoms with Gasteiger partial charge in [-0.15, -0.1) is 0 Å². The van der Waals surface area contributed by atoms with Gasteiger partial charge in [-0.05, 0) is 43.9 Å². The van der Waals surface area contributed by atoms with Crippen LogP contribution in [0, 0.1) is 11.3 Å². The Labute approximate surface area is 110 Å². The SMILES string of the molecule is CCNC(=O)C(=O)NC1CCC(C(C)(C)C)CC1. The second-order valence-corrected chi connectivity index (χ2v) is 6.25. The average molecular weight is 254 g/mol. The largest absolute Gasteiger partial charge is 0.348 e. The van der Waals surface area contributed by atoms with Crippen LogP contribution in [0.15, 0.2) is 0 Å². The molecule has 0 spiro atoms. The Kier molecular flexibility index (Phi) is 5.17. The molecule has 0 heterocycles. The van der Waals surface area contributed by atoms with Crippen LogP contribution in [0.2, 0.25) is 0 Å². The third-order valence-electron chi connectivity index (χ3n) is 3.83. The zero-order valence-corrected chi connectivity index (χ0v) is 12.0. The molecule has 0 bridgehead atoms. The quantitative estimate of drug-likeness (QED) is 0.739. The molecule has 1 rings (SSSR count). The fourth-order valence-corrected chi connectivity index (χ4v) is 2.60. The van der Waals surface area contributed by atoms with Gasteiger partial charge in [0, 0.05) is 12.6 Å². The van der Waals surface area contributed by atoms with E-state index >= 15 is 0 Å². The van der Waals surface area contributed by atoms with E-state index in [1.54, 1.807) is 6.92 Å². The van der Waals surface area contributed by atoms with E-state index in [1.165, 1.54) is 0 Å². The molecular formula is C14H26N2O2. The summed E-state index contributed by atoms with van der Waals surface area (Å²) in [5.41, 5.74) is 0.342. The minimum absolute atomic E-state index is 0.165. The van der Waals surface area contributed by atoms with Crippen molar-refractivity contribution in [2.45, 2.75) is 59.4 Å². The summed E-state index contributed by atoms with van der Waals surface area (Å²) in [5, 5.41) is 5.34. The lowest BCUT2D eigenvalue weighted by atomic mass is 9.71. The third kappa shape index (κ3) is 4.31. The summed E-state index contributed by atoms with van der Waals surface area (Å²) in [6.07, 6.45) is 4.22. The second kappa shape index (κ2) is 6.21. The lowest BCUT2D eigenvalue weighted by molar-refractivity contribution is -0.139. The molecule has 2 N–H and O–H groups in total. The molecular weight excluding hydrogens is 228 g/mol. The van der Waals surface area contributed by atoms with Crippen molar-refractivity contribution in [2.75, 3.05) is 6.54 Å². The topological polar surface area (TPSA) is 58.2 Å². The minimum Gasteiger partial charge on any atom is -0.348 e. The van der Waals surface area contributed by atoms with E-state index in [4.69, 9.17) is 0 Å². The van der Waals surface area contributed by atoms with E-state index in [2.05, 4.69) is 31.4 Å². The number of nitrogens with one attached hydrogen (secondary N) is 2. The van der Waals surface area contributed by atoms with Gasteiger partial charge >= 0.3 is 11.8 Å². The molecule has 104 valence electrons. The smallest absolute Gasteiger partial charge is 0.309 e. The van der Waals surface area contributed by atoms with Gasteiger partial charge in [0.2, 0.25) is 0 Å². The summed E-state index contributed by atoms with van der Waals surface area (Å²) in [5.74, 6) is -0.290. The normalized spacial score (nSPS) is 24.4. The van der Waals surface area contributed by atoms with Crippen LogP contribution in [0.4, 0.5) is 0 Å². The summed E-state index contributed by atoms with van der Waals surface area (Å²) < 4.78 is 0. The Bertz CT molecular complexity index is 299. The minimum atomic E-state index is -0.518. The van der Waals surface area contributed by atoms with E-state index in [0.717, 1.165) is 31.6 Å².